The zero-order valence-electron chi connectivity index (χ0n) is 31.4. The molecular weight excluding hydrogens is 761 g/mol. The van der Waals surface area contributed by atoms with Crippen LogP contribution < -0.4 is 16.0 Å². The van der Waals surface area contributed by atoms with Crippen LogP contribution in [0.4, 0.5) is 14.5 Å². The van der Waals surface area contributed by atoms with Crippen LogP contribution in [-0.4, -0.2) is 62.4 Å². The van der Waals surface area contributed by atoms with Crippen molar-refractivity contribution in [3.8, 4) is 11.1 Å². The second-order valence-electron chi connectivity index (χ2n) is 15.7. The van der Waals surface area contributed by atoms with Crippen molar-refractivity contribution in [3.05, 3.63) is 147 Å². The number of aryl methyl sites for hydroxylation is 1. The molecule has 2 aliphatic carbocycles. The number of fused-ring (bicyclic) bond motifs is 3. The zero-order chi connectivity index (χ0) is 40.0. The Hall–Kier alpha value is -7.04. The molecule has 0 N–H and O–H groups in total. The molecule has 17 heteroatoms. The van der Waals surface area contributed by atoms with Crippen LogP contribution in [0.2, 0.25) is 0 Å². The molecule has 6 aromatic heterocycles. The van der Waals surface area contributed by atoms with E-state index >= 15 is 4.39 Å². The van der Waals surface area contributed by atoms with Crippen molar-refractivity contribution in [1.29, 1.82) is 0 Å². The molecule has 294 valence electrons. The molecule has 11 rings (SSSR count). The molecule has 2 unspecified atom stereocenters. The summed E-state index contributed by atoms with van der Waals surface area (Å²) in [5, 5.41) is 9.21. The van der Waals surface area contributed by atoms with Crippen LogP contribution in [0.5, 0.6) is 0 Å². The number of alkyl halides is 1. The van der Waals surface area contributed by atoms with Crippen LogP contribution in [0.25, 0.3) is 33.1 Å². The van der Waals surface area contributed by atoms with E-state index in [9.17, 15) is 14.0 Å². The van der Waals surface area contributed by atoms with E-state index in [0.717, 1.165) is 35.5 Å². The van der Waals surface area contributed by atoms with E-state index in [-0.39, 0.29) is 54.8 Å². The van der Waals surface area contributed by atoms with E-state index in [1.54, 1.807) is 24.7 Å². The number of nitrogens with zero attached hydrogens (tertiary/aromatic N) is 11. The highest BCUT2D eigenvalue weighted by atomic mass is 19.1. The highest BCUT2D eigenvalue weighted by Gasteiger charge is 2.58. The first-order valence-corrected chi connectivity index (χ1v) is 19.3. The van der Waals surface area contributed by atoms with Gasteiger partial charge in [0, 0.05) is 48.6 Å². The maximum absolute atomic E-state index is 15.4. The minimum absolute atomic E-state index is 0.00617. The van der Waals surface area contributed by atoms with Gasteiger partial charge in [0.2, 0.25) is 11.8 Å². The van der Waals surface area contributed by atoms with Crippen molar-refractivity contribution in [2.24, 2.45) is 11.8 Å². The fraction of sp³-hybridized carbons (Fsp3) is 0.286. The number of hydrogen-bond acceptors (Lipinski definition) is 13. The fourth-order valence-electron chi connectivity index (χ4n) is 8.91. The molecule has 7 heterocycles. The molecule has 0 amide bonds. The average Bonchev–Trinajstić information content (AvgIpc) is 3.68. The highest BCUT2D eigenvalue weighted by Crippen LogP contribution is 2.58. The van der Waals surface area contributed by atoms with Gasteiger partial charge in [0.15, 0.2) is 17.3 Å². The predicted octanol–water partition coefficient (Wildman–Crippen LogP) is 5.47. The molecule has 8 aromatic rings. The molecule has 2 saturated carbocycles. The van der Waals surface area contributed by atoms with Gasteiger partial charge >= 0.3 is 0 Å². The first-order valence-electron chi connectivity index (χ1n) is 19.3. The third-order valence-electron chi connectivity index (χ3n) is 12.2. The standard InChI is InChI=1S/C42H33F2N11O4/c1-22-29(14-46-38-35(22)41(57)55(21-48-38)19-33-49-37(51-58-33)24-12-42(44,13-24)25-4-6-26(43)7-5-25)23-2-8-27(9-3-23)53-16-30-31(17-53)36(30)39-50-34(59-52-39)18-54-20-47-32-15-45-11-10-28(32)40(54)56/h2-11,14-15,20-21,24,30-31,36H,12-13,16-19H2,1H3. The number of halogens is 2. The lowest BCUT2D eigenvalue weighted by Gasteiger charge is -2.40. The summed E-state index contributed by atoms with van der Waals surface area (Å²) in [5.41, 5.74) is 2.81. The molecule has 0 spiro atoms. The molecular formula is C42H33F2N11O4. The Kier molecular flexibility index (Phi) is 7.90. The number of benzene rings is 2. The summed E-state index contributed by atoms with van der Waals surface area (Å²) in [6.45, 7) is 3.74. The first kappa shape index (κ1) is 35.1. The maximum Gasteiger partial charge on any atom is 0.263 e. The van der Waals surface area contributed by atoms with E-state index in [4.69, 9.17) is 9.05 Å². The van der Waals surface area contributed by atoms with E-state index in [1.165, 1.54) is 46.1 Å². The van der Waals surface area contributed by atoms with Gasteiger partial charge in [-0.25, -0.2) is 23.7 Å². The minimum Gasteiger partial charge on any atom is -0.371 e. The van der Waals surface area contributed by atoms with E-state index in [1.807, 2.05) is 19.1 Å². The van der Waals surface area contributed by atoms with Crippen molar-refractivity contribution in [2.75, 3.05) is 18.0 Å². The minimum atomic E-state index is -1.58. The van der Waals surface area contributed by atoms with Gasteiger partial charge in [0.1, 0.15) is 30.9 Å². The summed E-state index contributed by atoms with van der Waals surface area (Å²) in [7, 11) is 0. The van der Waals surface area contributed by atoms with Gasteiger partial charge in [-0.2, -0.15) is 9.97 Å². The Morgan fingerprint density at radius 1 is 0.797 bits per heavy atom. The summed E-state index contributed by atoms with van der Waals surface area (Å²) in [4.78, 5) is 55.5. The van der Waals surface area contributed by atoms with Gasteiger partial charge < -0.3 is 13.9 Å². The third-order valence-corrected chi connectivity index (χ3v) is 12.2. The Balaban J connectivity index is 0.742. The van der Waals surface area contributed by atoms with Crippen molar-refractivity contribution in [2.45, 2.75) is 50.4 Å². The average molecular weight is 794 g/mol. The van der Waals surface area contributed by atoms with Gasteiger partial charge in [-0.1, -0.05) is 34.6 Å². The van der Waals surface area contributed by atoms with Gasteiger partial charge in [-0.05, 0) is 78.6 Å². The third kappa shape index (κ3) is 5.98. The summed E-state index contributed by atoms with van der Waals surface area (Å²) in [6, 6.07) is 15.3. The van der Waals surface area contributed by atoms with E-state index in [0.29, 0.717) is 56.9 Å². The Morgan fingerprint density at radius 2 is 1.47 bits per heavy atom. The molecule has 1 aliphatic heterocycles. The lowest BCUT2D eigenvalue weighted by atomic mass is 9.68. The first-order chi connectivity index (χ1) is 28.7. The van der Waals surface area contributed by atoms with E-state index in [2.05, 4.69) is 57.2 Å². The molecule has 0 radical (unpaired) electrons. The molecule has 2 atom stereocenters. The van der Waals surface area contributed by atoms with Crippen LogP contribution in [0.3, 0.4) is 0 Å². The monoisotopic (exact) mass is 793 g/mol. The number of aromatic nitrogens is 10. The molecule has 1 saturated heterocycles. The van der Waals surface area contributed by atoms with Crippen LogP contribution in [0.1, 0.15) is 59.2 Å². The molecule has 3 aliphatic rings. The topological polar surface area (TPSA) is 177 Å². The predicted molar refractivity (Wildman–Crippen MR) is 208 cm³/mol. The summed E-state index contributed by atoms with van der Waals surface area (Å²) >= 11 is 0. The lowest BCUT2D eigenvalue weighted by molar-refractivity contribution is 0.0335. The number of hydrogen-bond donors (Lipinski definition) is 0. The van der Waals surface area contributed by atoms with Gasteiger partial charge in [0.25, 0.3) is 11.1 Å². The van der Waals surface area contributed by atoms with Gasteiger partial charge in [-0.15, -0.1) is 0 Å². The Labute approximate surface area is 332 Å². The van der Waals surface area contributed by atoms with Crippen molar-refractivity contribution in [3.63, 3.8) is 0 Å². The van der Waals surface area contributed by atoms with Crippen LogP contribution in [-0.2, 0) is 18.8 Å². The molecule has 2 aromatic carbocycles. The summed E-state index contributed by atoms with van der Waals surface area (Å²) in [6.07, 6.45) is 8.06. The van der Waals surface area contributed by atoms with Crippen molar-refractivity contribution >= 4 is 27.6 Å². The van der Waals surface area contributed by atoms with E-state index < -0.39 is 11.5 Å². The smallest absolute Gasteiger partial charge is 0.263 e. The molecule has 0 bridgehead atoms. The second kappa shape index (κ2) is 13.3. The van der Waals surface area contributed by atoms with Crippen LogP contribution >= 0.6 is 0 Å². The van der Waals surface area contributed by atoms with Gasteiger partial charge in [0.05, 0.1) is 28.8 Å². The van der Waals surface area contributed by atoms with Crippen molar-refractivity contribution < 1.29 is 17.8 Å². The Morgan fingerprint density at radius 3 is 2.22 bits per heavy atom. The number of anilines is 1. The maximum atomic E-state index is 15.4. The van der Waals surface area contributed by atoms with Crippen molar-refractivity contribution in [1.82, 2.24) is 49.4 Å². The van der Waals surface area contributed by atoms with Crippen LogP contribution in [0, 0.1) is 24.6 Å². The quantitative estimate of drug-likeness (QED) is 0.180. The summed E-state index contributed by atoms with van der Waals surface area (Å²) < 4.78 is 42.6. The zero-order valence-corrected chi connectivity index (χ0v) is 31.4. The number of pyridine rings is 2. The number of rotatable bonds is 9. The van der Waals surface area contributed by atoms with Gasteiger partial charge in [-0.3, -0.25) is 23.7 Å². The number of piperidine rings is 1. The second-order valence-corrected chi connectivity index (χ2v) is 15.7. The molecule has 15 nitrogen and oxygen atoms in total. The fourth-order valence-corrected chi connectivity index (χ4v) is 8.91. The summed E-state index contributed by atoms with van der Waals surface area (Å²) in [5.74, 6) is 1.96. The lowest BCUT2D eigenvalue weighted by Crippen LogP contribution is -2.36. The SMILES string of the molecule is Cc1c(-c2ccc(N3CC4C(C3)C4c3noc(Cn4cnc5cnccc5c4=O)n3)cc2)cnc2ncn(Cc3nc(C4CC(F)(c5ccc(F)cc5)C4)no3)c(=O)c12. The normalized spacial score (nSPS) is 22.2. The molecule has 3 fully saturated rings. The Bertz CT molecular complexity index is 3040. The molecule has 59 heavy (non-hydrogen) atoms. The largest absolute Gasteiger partial charge is 0.371 e. The van der Waals surface area contributed by atoms with Crippen LogP contribution in [0.15, 0.2) is 104 Å². The highest BCUT2D eigenvalue weighted by molar-refractivity contribution is 5.85.